The molecule has 6 nitrogen and oxygen atoms in total. The monoisotopic (exact) mass is 266 g/mol. The van der Waals surface area contributed by atoms with Crippen LogP contribution in [-0.2, 0) is 16.3 Å². The zero-order chi connectivity index (χ0) is 12.6. The van der Waals surface area contributed by atoms with Gasteiger partial charge in [0.15, 0.2) is 15.5 Å². The standard InChI is InChI=1S/C11H14N4O2S/c16-18(17)5-4-12-8(7-18)6-10-14-9-2-1-3-13-11(9)15-10/h1-3,8,12H,4-7H2,(H,13,14,15). The second-order valence-electron chi connectivity index (χ2n) is 4.53. The van der Waals surface area contributed by atoms with Crippen LogP contribution in [-0.4, -0.2) is 47.5 Å². The number of H-pyrrole nitrogens is 1. The summed E-state index contributed by atoms with van der Waals surface area (Å²) in [6.45, 7) is 0.519. The van der Waals surface area contributed by atoms with Gasteiger partial charge in [-0.2, -0.15) is 0 Å². The van der Waals surface area contributed by atoms with E-state index in [0.717, 1.165) is 11.3 Å². The Morgan fingerprint density at radius 2 is 2.33 bits per heavy atom. The second-order valence-corrected chi connectivity index (χ2v) is 6.76. The number of fused-ring (bicyclic) bond motifs is 1. The molecule has 3 heterocycles. The predicted octanol–water partition coefficient (Wildman–Crippen LogP) is -0.113. The Kier molecular flexibility index (Phi) is 2.79. The summed E-state index contributed by atoms with van der Waals surface area (Å²) in [7, 11) is -2.90. The molecule has 0 saturated carbocycles. The van der Waals surface area contributed by atoms with Crippen LogP contribution in [0.2, 0.25) is 0 Å². The Morgan fingerprint density at radius 3 is 3.11 bits per heavy atom. The van der Waals surface area contributed by atoms with E-state index in [4.69, 9.17) is 0 Å². The Balaban J connectivity index is 1.80. The quantitative estimate of drug-likeness (QED) is 0.791. The SMILES string of the molecule is O=S1(=O)CCNC(Cc2nc3ncccc3[nH]2)C1. The van der Waals surface area contributed by atoms with Crippen molar-refractivity contribution in [3.63, 3.8) is 0 Å². The third kappa shape index (κ3) is 2.37. The van der Waals surface area contributed by atoms with E-state index in [2.05, 4.69) is 20.3 Å². The van der Waals surface area contributed by atoms with Gasteiger partial charge in [-0.05, 0) is 12.1 Å². The van der Waals surface area contributed by atoms with E-state index in [9.17, 15) is 8.42 Å². The highest BCUT2D eigenvalue weighted by molar-refractivity contribution is 7.91. The zero-order valence-electron chi connectivity index (χ0n) is 9.76. The summed E-state index contributed by atoms with van der Waals surface area (Å²) in [5.41, 5.74) is 1.55. The zero-order valence-corrected chi connectivity index (χ0v) is 10.6. The van der Waals surface area contributed by atoms with Crippen LogP contribution in [0, 0.1) is 0 Å². The number of hydrogen-bond acceptors (Lipinski definition) is 5. The molecule has 1 aliphatic heterocycles. The molecule has 1 atom stereocenters. The van der Waals surface area contributed by atoms with Gasteiger partial charge in [-0.1, -0.05) is 0 Å². The molecule has 0 spiro atoms. The van der Waals surface area contributed by atoms with Crippen LogP contribution in [0.15, 0.2) is 18.3 Å². The van der Waals surface area contributed by atoms with E-state index in [1.807, 2.05) is 12.1 Å². The van der Waals surface area contributed by atoms with Crippen molar-refractivity contribution in [3.8, 4) is 0 Å². The Morgan fingerprint density at radius 1 is 1.44 bits per heavy atom. The summed E-state index contributed by atoms with van der Waals surface area (Å²) in [6.07, 6.45) is 2.27. The Labute approximate surface area is 105 Å². The summed E-state index contributed by atoms with van der Waals surface area (Å²) in [6, 6.07) is 3.68. The fourth-order valence-electron chi connectivity index (χ4n) is 2.22. The number of sulfone groups is 1. The minimum absolute atomic E-state index is 0.0655. The molecule has 1 unspecified atom stereocenters. The summed E-state index contributed by atoms with van der Waals surface area (Å²) < 4.78 is 23.1. The molecule has 7 heteroatoms. The van der Waals surface area contributed by atoms with E-state index < -0.39 is 9.84 Å². The van der Waals surface area contributed by atoms with Crippen molar-refractivity contribution in [2.75, 3.05) is 18.1 Å². The van der Waals surface area contributed by atoms with Gasteiger partial charge in [0.05, 0.1) is 17.0 Å². The number of aromatic nitrogens is 3. The van der Waals surface area contributed by atoms with Crippen LogP contribution in [0.1, 0.15) is 5.82 Å². The molecule has 0 bridgehead atoms. The van der Waals surface area contributed by atoms with Crippen LogP contribution in [0.25, 0.3) is 11.2 Å². The number of aromatic amines is 1. The van der Waals surface area contributed by atoms with E-state index in [1.165, 1.54) is 0 Å². The Bertz CT molecular complexity index is 631. The summed E-state index contributed by atoms with van der Waals surface area (Å²) >= 11 is 0. The smallest absolute Gasteiger partial charge is 0.177 e. The molecule has 0 radical (unpaired) electrons. The fraction of sp³-hybridized carbons (Fsp3) is 0.455. The van der Waals surface area contributed by atoms with E-state index in [0.29, 0.717) is 18.6 Å². The molecule has 0 amide bonds. The lowest BCUT2D eigenvalue weighted by atomic mass is 10.2. The average Bonchev–Trinajstić information content (AvgIpc) is 2.69. The largest absolute Gasteiger partial charge is 0.341 e. The van der Waals surface area contributed by atoms with Gasteiger partial charge in [-0.3, -0.25) is 0 Å². The van der Waals surface area contributed by atoms with Gasteiger partial charge >= 0.3 is 0 Å². The van der Waals surface area contributed by atoms with Crippen molar-refractivity contribution in [3.05, 3.63) is 24.2 Å². The van der Waals surface area contributed by atoms with Crippen molar-refractivity contribution in [1.29, 1.82) is 0 Å². The van der Waals surface area contributed by atoms with E-state index in [-0.39, 0.29) is 17.5 Å². The molecular formula is C11H14N4O2S. The van der Waals surface area contributed by atoms with Gasteiger partial charge in [-0.15, -0.1) is 0 Å². The third-order valence-corrected chi connectivity index (χ3v) is 4.78. The molecule has 18 heavy (non-hydrogen) atoms. The molecule has 3 rings (SSSR count). The normalized spacial score (nSPS) is 23.2. The molecule has 1 fully saturated rings. The molecule has 2 N–H and O–H groups in total. The maximum absolute atomic E-state index is 11.5. The van der Waals surface area contributed by atoms with Crippen molar-refractivity contribution in [1.82, 2.24) is 20.3 Å². The summed E-state index contributed by atoms with van der Waals surface area (Å²) in [5, 5.41) is 3.21. The van der Waals surface area contributed by atoms with Gasteiger partial charge in [0.1, 0.15) is 5.82 Å². The van der Waals surface area contributed by atoms with Crippen LogP contribution in [0.5, 0.6) is 0 Å². The summed E-state index contributed by atoms with van der Waals surface area (Å²) in [5.74, 6) is 1.18. The molecule has 96 valence electrons. The van der Waals surface area contributed by atoms with Crippen LogP contribution in [0.4, 0.5) is 0 Å². The lowest BCUT2D eigenvalue weighted by molar-refractivity contribution is 0.510. The first kappa shape index (κ1) is 11.6. The minimum Gasteiger partial charge on any atom is -0.341 e. The third-order valence-electron chi connectivity index (χ3n) is 3.05. The fourth-order valence-corrected chi connectivity index (χ4v) is 3.67. The Hall–Kier alpha value is -1.47. The average molecular weight is 266 g/mol. The highest BCUT2D eigenvalue weighted by Gasteiger charge is 2.25. The highest BCUT2D eigenvalue weighted by Crippen LogP contribution is 2.11. The van der Waals surface area contributed by atoms with Gasteiger partial charge in [0.2, 0.25) is 0 Å². The second kappa shape index (κ2) is 4.33. The molecule has 1 saturated heterocycles. The van der Waals surface area contributed by atoms with Gasteiger partial charge in [-0.25, -0.2) is 18.4 Å². The first-order chi connectivity index (χ1) is 8.62. The lowest BCUT2D eigenvalue weighted by Crippen LogP contribution is -2.46. The molecular weight excluding hydrogens is 252 g/mol. The number of imidazole rings is 1. The number of pyridine rings is 1. The first-order valence-corrected chi connectivity index (χ1v) is 7.68. The van der Waals surface area contributed by atoms with E-state index >= 15 is 0 Å². The number of hydrogen-bond donors (Lipinski definition) is 2. The van der Waals surface area contributed by atoms with Crippen molar-refractivity contribution < 1.29 is 8.42 Å². The van der Waals surface area contributed by atoms with Crippen LogP contribution in [0.3, 0.4) is 0 Å². The van der Waals surface area contributed by atoms with Gasteiger partial charge in [0, 0.05) is 25.2 Å². The molecule has 2 aromatic heterocycles. The lowest BCUT2D eigenvalue weighted by Gasteiger charge is -2.22. The molecule has 0 aromatic carbocycles. The minimum atomic E-state index is -2.90. The van der Waals surface area contributed by atoms with Crippen molar-refractivity contribution in [2.24, 2.45) is 0 Å². The van der Waals surface area contributed by atoms with Crippen LogP contribution < -0.4 is 5.32 Å². The van der Waals surface area contributed by atoms with E-state index in [1.54, 1.807) is 6.20 Å². The molecule has 2 aromatic rings. The van der Waals surface area contributed by atoms with Crippen molar-refractivity contribution in [2.45, 2.75) is 12.5 Å². The first-order valence-electron chi connectivity index (χ1n) is 5.86. The molecule has 0 aliphatic carbocycles. The summed E-state index contributed by atoms with van der Waals surface area (Å²) in [4.78, 5) is 11.7. The van der Waals surface area contributed by atoms with Gasteiger partial charge in [0.25, 0.3) is 0 Å². The number of nitrogens with zero attached hydrogens (tertiary/aromatic N) is 2. The van der Waals surface area contributed by atoms with Crippen molar-refractivity contribution >= 4 is 21.0 Å². The molecule has 1 aliphatic rings. The van der Waals surface area contributed by atoms with Gasteiger partial charge < -0.3 is 10.3 Å². The number of rotatable bonds is 2. The number of nitrogens with one attached hydrogen (secondary N) is 2. The predicted molar refractivity (Wildman–Crippen MR) is 68.0 cm³/mol. The maximum Gasteiger partial charge on any atom is 0.177 e. The maximum atomic E-state index is 11.5. The topological polar surface area (TPSA) is 87.7 Å². The highest BCUT2D eigenvalue weighted by atomic mass is 32.2. The van der Waals surface area contributed by atoms with Crippen LogP contribution >= 0.6 is 0 Å².